The second-order valence-corrected chi connectivity index (χ2v) is 8.28. The standard InChI is InChI=1S/C23H29FN6O3/c24-22-16(15-33-21(31)12-20(25)26)2-1-3-19(22)17-13-27-23(28-14-17)30-6-4-18(5-7-30)29-8-10-32-11-9-29/h1-3,13-14,18H,4-12,15H2,(H3,25,26). The van der Waals surface area contributed by atoms with Gasteiger partial charge in [-0.3, -0.25) is 15.1 Å². The number of benzene rings is 1. The van der Waals surface area contributed by atoms with E-state index in [1.165, 1.54) is 0 Å². The Labute approximate surface area is 192 Å². The van der Waals surface area contributed by atoms with Gasteiger partial charge in [0.2, 0.25) is 5.95 Å². The molecule has 0 saturated carbocycles. The summed E-state index contributed by atoms with van der Waals surface area (Å²) in [7, 11) is 0. The number of hydrogen-bond donors (Lipinski definition) is 2. The molecule has 0 atom stereocenters. The van der Waals surface area contributed by atoms with Gasteiger partial charge in [-0.05, 0) is 12.8 Å². The molecule has 9 nitrogen and oxygen atoms in total. The number of rotatable bonds is 7. The lowest BCUT2D eigenvalue weighted by Gasteiger charge is -2.40. The molecule has 2 saturated heterocycles. The van der Waals surface area contributed by atoms with E-state index in [2.05, 4.69) is 19.8 Å². The second-order valence-electron chi connectivity index (χ2n) is 8.28. The van der Waals surface area contributed by atoms with Crippen LogP contribution in [0.25, 0.3) is 11.1 Å². The molecule has 0 radical (unpaired) electrons. The molecule has 1 aromatic carbocycles. The Morgan fingerprint density at radius 3 is 2.55 bits per heavy atom. The molecule has 3 N–H and O–H groups in total. The van der Waals surface area contributed by atoms with Crippen LogP contribution in [0.15, 0.2) is 30.6 Å². The lowest BCUT2D eigenvalue weighted by molar-refractivity contribution is -0.143. The van der Waals surface area contributed by atoms with Crippen LogP contribution in [-0.4, -0.2) is 72.1 Å². The maximum absolute atomic E-state index is 15.0. The van der Waals surface area contributed by atoms with Gasteiger partial charge in [-0.25, -0.2) is 14.4 Å². The van der Waals surface area contributed by atoms with Crippen molar-refractivity contribution >= 4 is 17.8 Å². The van der Waals surface area contributed by atoms with E-state index >= 15 is 4.39 Å². The van der Waals surface area contributed by atoms with Crippen molar-refractivity contribution in [1.29, 1.82) is 5.41 Å². The van der Waals surface area contributed by atoms with Gasteiger partial charge in [0.15, 0.2) is 0 Å². The van der Waals surface area contributed by atoms with Crippen molar-refractivity contribution in [2.45, 2.75) is 31.9 Å². The number of carbonyl (C=O) groups excluding carboxylic acids is 1. The van der Waals surface area contributed by atoms with E-state index in [0.29, 0.717) is 23.1 Å². The minimum atomic E-state index is -0.669. The first-order valence-electron chi connectivity index (χ1n) is 11.2. The van der Waals surface area contributed by atoms with E-state index in [1.54, 1.807) is 30.6 Å². The maximum atomic E-state index is 15.0. The summed E-state index contributed by atoms with van der Waals surface area (Å²) in [5.41, 5.74) is 6.31. The molecule has 2 aliphatic rings. The van der Waals surface area contributed by atoms with Crippen molar-refractivity contribution in [1.82, 2.24) is 14.9 Å². The van der Waals surface area contributed by atoms with Crippen LogP contribution in [0.3, 0.4) is 0 Å². The van der Waals surface area contributed by atoms with Crippen LogP contribution >= 0.6 is 0 Å². The van der Waals surface area contributed by atoms with E-state index < -0.39 is 11.8 Å². The molecule has 0 spiro atoms. The number of ether oxygens (including phenoxy) is 2. The molecule has 10 heteroatoms. The van der Waals surface area contributed by atoms with Gasteiger partial charge < -0.3 is 20.1 Å². The van der Waals surface area contributed by atoms with Crippen molar-refractivity contribution in [3.8, 4) is 11.1 Å². The number of amidine groups is 1. The van der Waals surface area contributed by atoms with Gasteiger partial charge in [0.25, 0.3) is 0 Å². The van der Waals surface area contributed by atoms with Crippen LogP contribution in [0.2, 0.25) is 0 Å². The molecule has 0 unspecified atom stereocenters. The maximum Gasteiger partial charge on any atom is 0.313 e. The first-order chi connectivity index (χ1) is 16.0. The van der Waals surface area contributed by atoms with Gasteiger partial charge in [0.1, 0.15) is 24.7 Å². The third-order valence-electron chi connectivity index (χ3n) is 6.06. The SMILES string of the molecule is N=C(N)CC(=O)OCc1cccc(-c2cnc(N3CCC(N4CCOCC4)CC3)nc2)c1F. The zero-order chi connectivity index (χ0) is 23.2. The van der Waals surface area contributed by atoms with Gasteiger partial charge in [-0.2, -0.15) is 0 Å². The summed E-state index contributed by atoms with van der Waals surface area (Å²) in [5, 5.41) is 7.12. The Hall–Kier alpha value is -3.11. The van der Waals surface area contributed by atoms with E-state index in [4.69, 9.17) is 20.6 Å². The fourth-order valence-corrected chi connectivity index (χ4v) is 4.28. The topological polar surface area (TPSA) is 118 Å². The number of nitrogens with one attached hydrogen (secondary N) is 1. The summed E-state index contributed by atoms with van der Waals surface area (Å²) in [5.74, 6) is -0.807. The number of nitrogens with two attached hydrogens (primary N) is 1. The molecule has 176 valence electrons. The molecular weight excluding hydrogens is 427 g/mol. The number of piperidine rings is 1. The van der Waals surface area contributed by atoms with Crippen molar-refractivity contribution in [3.05, 3.63) is 42.0 Å². The summed E-state index contributed by atoms with van der Waals surface area (Å²) in [4.78, 5) is 25.2. The van der Waals surface area contributed by atoms with Crippen molar-refractivity contribution < 1.29 is 18.7 Å². The molecule has 2 aromatic rings. The number of nitrogens with zero attached hydrogens (tertiary/aromatic N) is 4. The molecule has 33 heavy (non-hydrogen) atoms. The first kappa shape index (κ1) is 23.1. The number of halogens is 1. The monoisotopic (exact) mass is 456 g/mol. The van der Waals surface area contributed by atoms with Gasteiger partial charge in [-0.1, -0.05) is 18.2 Å². The quantitative estimate of drug-likeness (QED) is 0.369. The van der Waals surface area contributed by atoms with E-state index in [1.807, 2.05) is 0 Å². The normalized spacial score (nSPS) is 17.7. The third-order valence-corrected chi connectivity index (χ3v) is 6.06. The van der Waals surface area contributed by atoms with Gasteiger partial charge in [-0.15, -0.1) is 0 Å². The molecule has 1 aromatic heterocycles. The molecule has 0 amide bonds. The molecule has 4 rings (SSSR count). The largest absolute Gasteiger partial charge is 0.460 e. The zero-order valence-electron chi connectivity index (χ0n) is 18.5. The average Bonchev–Trinajstić information content (AvgIpc) is 2.84. The van der Waals surface area contributed by atoms with Crippen molar-refractivity contribution in [2.75, 3.05) is 44.3 Å². The van der Waals surface area contributed by atoms with Crippen LogP contribution in [0, 0.1) is 11.2 Å². The molecule has 0 aliphatic carbocycles. The Kier molecular flexibility index (Phi) is 7.46. The molecule has 0 bridgehead atoms. The van der Waals surface area contributed by atoms with Crippen LogP contribution in [-0.2, 0) is 20.9 Å². The fraction of sp³-hybridized carbons (Fsp3) is 0.478. The van der Waals surface area contributed by atoms with E-state index in [-0.39, 0.29) is 24.4 Å². The van der Waals surface area contributed by atoms with Gasteiger partial charge >= 0.3 is 5.97 Å². The summed E-state index contributed by atoms with van der Waals surface area (Å²) >= 11 is 0. The lowest BCUT2D eigenvalue weighted by atomic mass is 10.0. The number of hydrogen-bond acceptors (Lipinski definition) is 8. The summed E-state index contributed by atoms with van der Waals surface area (Å²) < 4.78 is 25.5. The average molecular weight is 457 g/mol. The van der Waals surface area contributed by atoms with Crippen LogP contribution in [0.4, 0.5) is 10.3 Å². The number of carbonyl (C=O) groups is 1. The van der Waals surface area contributed by atoms with Crippen molar-refractivity contribution in [2.24, 2.45) is 5.73 Å². The second kappa shape index (κ2) is 10.7. The number of aromatic nitrogens is 2. The van der Waals surface area contributed by atoms with Crippen LogP contribution in [0.5, 0.6) is 0 Å². The highest BCUT2D eigenvalue weighted by Crippen LogP contribution is 2.26. The van der Waals surface area contributed by atoms with Crippen LogP contribution < -0.4 is 10.6 Å². The molecular formula is C23H29FN6O3. The number of esters is 1. The Morgan fingerprint density at radius 2 is 1.88 bits per heavy atom. The van der Waals surface area contributed by atoms with Crippen molar-refractivity contribution in [3.63, 3.8) is 0 Å². The zero-order valence-corrected chi connectivity index (χ0v) is 18.5. The predicted octanol–water partition coefficient (Wildman–Crippen LogP) is 1.95. The molecule has 3 heterocycles. The number of morpholine rings is 1. The highest BCUT2D eigenvalue weighted by Gasteiger charge is 2.26. The first-order valence-corrected chi connectivity index (χ1v) is 11.2. The Morgan fingerprint density at radius 1 is 1.18 bits per heavy atom. The van der Waals surface area contributed by atoms with Gasteiger partial charge in [0, 0.05) is 61.3 Å². The molecule has 2 aliphatic heterocycles. The smallest absolute Gasteiger partial charge is 0.313 e. The minimum Gasteiger partial charge on any atom is -0.460 e. The van der Waals surface area contributed by atoms with Crippen LogP contribution in [0.1, 0.15) is 24.8 Å². The summed E-state index contributed by atoms with van der Waals surface area (Å²) in [6.45, 7) is 5.15. The third kappa shape index (κ3) is 5.82. The summed E-state index contributed by atoms with van der Waals surface area (Å²) in [6.07, 6.45) is 5.05. The van der Waals surface area contributed by atoms with E-state index in [9.17, 15) is 4.79 Å². The lowest BCUT2D eigenvalue weighted by Crippen LogP contribution is -2.49. The Balaban J connectivity index is 1.37. The molecule has 2 fully saturated rings. The van der Waals surface area contributed by atoms with Gasteiger partial charge in [0.05, 0.1) is 13.2 Å². The number of anilines is 1. The predicted molar refractivity (Wildman–Crippen MR) is 121 cm³/mol. The summed E-state index contributed by atoms with van der Waals surface area (Å²) in [6, 6.07) is 5.46. The van der Waals surface area contributed by atoms with E-state index in [0.717, 1.165) is 52.2 Å². The highest BCUT2D eigenvalue weighted by molar-refractivity contribution is 5.94. The minimum absolute atomic E-state index is 0.233. The fourth-order valence-electron chi connectivity index (χ4n) is 4.28. The Bertz CT molecular complexity index is 973. The highest BCUT2D eigenvalue weighted by atomic mass is 19.1.